The van der Waals surface area contributed by atoms with Crippen molar-refractivity contribution in [2.45, 2.75) is 103 Å². The van der Waals surface area contributed by atoms with Crippen molar-refractivity contribution in [1.29, 1.82) is 0 Å². The van der Waals surface area contributed by atoms with Crippen LogP contribution in [-0.2, 0) is 14.3 Å². The van der Waals surface area contributed by atoms with Gasteiger partial charge >= 0.3 is 5.97 Å². The molecule has 148 valence electrons. The van der Waals surface area contributed by atoms with Crippen molar-refractivity contribution in [2.75, 3.05) is 13.2 Å². The molecular weight excluding hydrogens is 316 g/mol. The van der Waals surface area contributed by atoms with Gasteiger partial charge in [0.05, 0.1) is 19.6 Å². The van der Waals surface area contributed by atoms with Gasteiger partial charge in [0.25, 0.3) is 0 Å². The largest absolute Gasteiger partial charge is 0.498 e. The highest BCUT2D eigenvalue weighted by Gasteiger charge is 1.95. The van der Waals surface area contributed by atoms with E-state index >= 15 is 0 Å². The van der Waals surface area contributed by atoms with Gasteiger partial charge in [0, 0.05) is 0 Å². The highest BCUT2D eigenvalue weighted by atomic mass is 16.5. The standard InChI is InChI=1S/C21H40O4/c1-2-3-4-5-6-7-8-9-10-11-12-13-14-15-17-24-19-20-25-18-16-21(22)23/h19-20H,2-18H2,1H3,(H,22,23). The molecule has 4 heteroatoms. The molecule has 0 spiro atoms. The van der Waals surface area contributed by atoms with Crippen molar-refractivity contribution in [1.82, 2.24) is 0 Å². The Kier molecular flexibility index (Phi) is 19.9. The molecule has 1 N–H and O–H groups in total. The Morgan fingerprint density at radius 2 is 1.08 bits per heavy atom. The molecule has 0 aliphatic heterocycles. The predicted molar refractivity (Wildman–Crippen MR) is 104 cm³/mol. The average Bonchev–Trinajstić information content (AvgIpc) is 2.60. The summed E-state index contributed by atoms with van der Waals surface area (Å²) >= 11 is 0. The number of hydrogen-bond donors (Lipinski definition) is 1. The lowest BCUT2D eigenvalue weighted by molar-refractivity contribution is -0.137. The molecule has 4 nitrogen and oxygen atoms in total. The zero-order chi connectivity index (χ0) is 18.4. The normalized spacial score (nSPS) is 11.1. The fourth-order valence-corrected chi connectivity index (χ4v) is 2.74. The van der Waals surface area contributed by atoms with Crippen molar-refractivity contribution in [3.8, 4) is 0 Å². The van der Waals surface area contributed by atoms with Gasteiger partial charge in [0.1, 0.15) is 12.5 Å². The fraction of sp³-hybridized carbons (Fsp3) is 0.857. The van der Waals surface area contributed by atoms with E-state index < -0.39 is 5.97 Å². The second-order valence-corrected chi connectivity index (χ2v) is 6.75. The van der Waals surface area contributed by atoms with Crippen LogP contribution in [0.15, 0.2) is 12.5 Å². The Morgan fingerprint density at radius 1 is 0.680 bits per heavy atom. The number of unbranched alkanes of at least 4 members (excludes halogenated alkanes) is 13. The first-order valence-corrected chi connectivity index (χ1v) is 10.4. The first-order valence-electron chi connectivity index (χ1n) is 10.4. The Balaban J connectivity index is 3.05. The molecule has 0 atom stereocenters. The lowest BCUT2D eigenvalue weighted by Crippen LogP contribution is -1.99. The van der Waals surface area contributed by atoms with E-state index in [0.29, 0.717) is 6.61 Å². The molecule has 0 fully saturated rings. The molecule has 0 heterocycles. The van der Waals surface area contributed by atoms with Crippen LogP contribution in [0.4, 0.5) is 0 Å². The van der Waals surface area contributed by atoms with Crippen molar-refractivity contribution < 1.29 is 19.4 Å². The maximum atomic E-state index is 10.3. The van der Waals surface area contributed by atoms with Crippen LogP contribution in [0.3, 0.4) is 0 Å². The molecular formula is C21H40O4. The van der Waals surface area contributed by atoms with Crippen molar-refractivity contribution in [3.05, 3.63) is 12.5 Å². The molecule has 0 aliphatic carbocycles. The van der Waals surface area contributed by atoms with Crippen LogP contribution in [0.5, 0.6) is 0 Å². The minimum atomic E-state index is -0.850. The fourth-order valence-electron chi connectivity index (χ4n) is 2.74. The minimum Gasteiger partial charge on any atom is -0.498 e. The number of ether oxygens (including phenoxy) is 2. The van der Waals surface area contributed by atoms with E-state index in [9.17, 15) is 4.79 Å². The molecule has 25 heavy (non-hydrogen) atoms. The molecule has 0 saturated carbocycles. The molecule has 0 radical (unpaired) electrons. The van der Waals surface area contributed by atoms with E-state index in [2.05, 4.69) is 6.92 Å². The van der Waals surface area contributed by atoms with Crippen LogP contribution in [0.1, 0.15) is 103 Å². The van der Waals surface area contributed by atoms with E-state index in [1.807, 2.05) is 0 Å². The van der Waals surface area contributed by atoms with Crippen LogP contribution in [-0.4, -0.2) is 24.3 Å². The van der Waals surface area contributed by atoms with Gasteiger partial charge < -0.3 is 14.6 Å². The van der Waals surface area contributed by atoms with E-state index in [1.54, 1.807) is 0 Å². The number of aliphatic carboxylic acids is 1. The van der Waals surface area contributed by atoms with Crippen LogP contribution in [0.2, 0.25) is 0 Å². The van der Waals surface area contributed by atoms with Crippen LogP contribution >= 0.6 is 0 Å². The maximum absolute atomic E-state index is 10.3. The quantitative estimate of drug-likeness (QED) is 0.201. The molecule has 0 amide bonds. The van der Waals surface area contributed by atoms with Gasteiger partial charge in [0.15, 0.2) is 0 Å². The van der Waals surface area contributed by atoms with Gasteiger partial charge in [-0.05, 0) is 6.42 Å². The zero-order valence-corrected chi connectivity index (χ0v) is 16.3. The Hall–Kier alpha value is -1.19. The average molecular weight is 357 g/mol. The number of carboxylic acids is 1. The van der Waals surface area contributed by atoms with Crippen LogP contribution < -0.4 is 0 Å². The van der Waals surface area contributed by atoms with Gasteiger partial charge in [-0.15, -0.1) is 0 Å². The first-order chi connectivity index (χ1) is 12.3. The topological polar surface area (TPSA) is 55.8 Å². The summed E-state index contributed by atoms with van der Waals surface area (Å²) in [5.41, 5.74) is 0. The first kappa shape index (κ1) is 23.8. The monoisotopic (exact) mass is 356 g/mol. The van der Waals surface area contributed by atoms with Crippen molar-refractivity contribution >= 4 is 5.97 Å². The number of carboxylic acid groups (broad SMARTS) is 1. The minimum absolute atomic E-state index is 0.0172. The third kappa shape index (κ3) is 22.8. The molecule has 0 rings (SSSR count). The smallest absolute Gasteiger partial charge is 0.306 e. The maximum Gasteiger partial charge on any atom is 0.306 e. The van der Waals surface area contributed by atoms with E-state index in [4.69, 9.17) is 14.6 Å². The predicted octanol–water partition coefficient (Wildman–Crippen LogP) is 6.45. The SMILES string of the molecule is CCCCCCCCCCCCCCCCOC=COCCC(=O)O. The molecule has 0 aliphatic rings. The van der Waals surface area contributed by atoms with Crippen LogP contribution in [0, 0.1) is 0 Å². The second-order valence-electron chi connectivity index (χ2n) is 6.75. The zero-order valence-electron chi connectivity index (χ0n) is 16.3. The van der Waals surface area contributed by atoms with Crippen molar-refractivity contribution in [2.24, 2.45) is 0 Å². The van der Waals surface area contributed by atoms with Gasteiger partial charge in [-0.25, -0.2) is 0 Å². The van der Waals surface area contributed by atoms with Crippen LogP contribution in [0.25, 0.3) is 0 Å². The molecule has 0 aromatic rings. The van der Waals surface area contributed by atoms with Gasteiger partial charge in [-0.3, -0.25) is 4.79 Å². The van der Waals surface area contributed by atoms with Gasteiger partial charge in [0.2, 0.25) is 0 Å². The molecule has 0 aromatic heterocycles. The summed E-state index contributed by atoms with van der Waals surface area (Å²) in [6.07, 6.45) is 21.9. The molecule has 0 unspecified atom stereocenters. The summed E-state index contributed by atoms with van der Waals surface area (Å²) in [5.74, 6) is -0.850. The summed E-state index contributed by atoms with van der Waals surface area (Å²) < 4.78 is 10.3. The number of hydrogen-bond acceptors (Lipinski definition) is 3. The van der Waals surface area contributed by atoms with Gasteiger partial charge in [-0.2, -0.15) is 0 Å². The lowest BCUT2D eigenvalue weighted by atomic mass is 10.0. The Labute approximate surface area is 155 Å². The van der Waals surface area contributed by atoms with E-state index in [0.717, 1.165) is 6.42 Å². The summed E-state index contributed by atoms with van der Waals surface area (Å²) in [7, 11) is 0. The molecule has 0 aromatic carbocycles. The third-order valence-electron chi connectivity index (χ3n) is 4.30. The highest BCUT2D eigenvalue weighted by molar-refractivity contribution is 5.66. The van der Waals surface area contributed by atoms with Gasteiger partial charge in [-0.1, -0.05) is 90.4 Å². The summed E-state index contributed by atoms with van der Waals surface area (Å²) in [5, 5.41) is 8.43. The number of carbonyl (C=O) groups is 1. The summed E-state index contributed by atoms with van der Waals surface area (Å²) in [4.78, 5) is 10.3. The molecule has 0 bridgehead atoms. The Morgan fingerprint density at radius 3 is 1.52 bits per heavy atom. The lowest BCUT2D eigenvalue weighted by Gasteiger charge is -2.03. The number of rotatable bonds is 20. The third-order valence-corrected chi connectivity index (χ3v) is 4.30. The Bertz CT molecular complexity index is 302. The second kappa shape index (κ2) is 20.9. The summed E-state index contributed by atoms with van der Waals surface area (Å²) in [6.45, 7) is 3.16. The van der Waals surface area contributed by atoms with E-state index in [1.165, 1.54) is 96.0 Å². The van der Waals surface area contributed by atoms with Crippen molar-refractivity contribution in [3.63, 3.8) is 0 Å². The summed E-state index contributed by atoms with van der Waals surface area (Å²) in [6, 6.07) is 0. The van der Waals surface area contributed by atoms with E-state index in [-0.39, 0.29) is 13.0 Å². The highest BCUT2D eigenvalue weighted by Crippen LogP contribution is 2.12. The molecule has 0 saturated heterocycles.